The van der Waals surface area contributed by atoms with E-state index in [2.05, 4.69) is 6.58 Å². The van der Waals surface area contributed by atoms with Gasteiger partial charge in [-0.15, -0.1) is 0 Å². The van der Waals surface area contributed by atoms with E-state index in [0.717, 1.165) is 37.0 Å². The third-order valence-electron chi connectivity index (χ3n) is 4.47. The number of rotatable bonds is 2. The van der Waals surface area contributed by atoms with Gasteiger partial charge in [0.25, 0.3) is 0 Å². The lowest BCUT2D eigenvalue weighted by Gasteiger charge is -2.55. The average Bonchev–Trinajstić information content (AvgIpc) is 2.14. The molecule has 0 spiro atoms. The minimum absolute atomic E-state index is 0. The summed E-state index contributed by atoms with van der Waals surface area (Å²) in [6.07, 6.45) is 8.77. The molecule has 0 aromatic carbocycles. The molecule has 4 fully saturated rings. The van der Waals surface area contributed by atoms with Gasteiger partial charge in [-0.25, -0.2) is 4.79 Å². The number of carbonyl (C=O) groups is 1. The molecule has 0 heterocycles. The van der Waals surface area contributed by atoms with E-state index in [0.29, 0.717) is 0 Å². The number of esters is 1. The Morgan fingerprint density at radius 3 is 1.94 bits per heavy atom. The molecular weight excluding hydrogens is 220 g/mol. The van der Waals surface area contributed by atoms with Crippen LogP contribution in [0.2, 0.25) is 0 Å². The summed E-state index contributed by atoms with van der Waals surface area (Å²) in [5.41, 5.74) is -0.0972. The first-order chi connectivity index (χ1) is 7.19. The second-order valence-corrected chi connectivity index (χ2v) is 5.73. The summed E-state index contributed by atoms with van der Waals surface area (Å²) in [5.74, 6) is 2.26. The predicted molar refractivity (Wildman–Crippen MR) is 67.6 cm³/mol. The van der Waals surface area contributed by atoms with E-state index in [1.165, 1.54) is 25.3 Å². The predicted octanol–water partition coefficient (Wildman–Crippen LogP) is 2.80. The van der Waals surface area contributed by atoms with Gasteiger partial charge in [0.15, 0.2) is 0 Å². The highest BCUT2D eigenvalue weighted by Crippen LogP contribution is 2.57. The second-order valence-electron chi connectivity index (χ2n) is 5.73. The number of hydrogen-bond donors (Lipinski definition) is 0. The minimum atomic E-state index is -0.225. The molecule has 2 nitrogen and oxygen atoms in total. The van der Waals surface area contributed by atoms with Gasteiger partial charge in [-0.05, 0) is 56.3 Å². The van der Waals surface area contributed by atoms with E-state index in [9.17, 15) is 4.79 Å². The van der Waals surface area contributed by atoms with Gasteiger partial charge in [0.2, 0.25) is 0 Å². The highest BCUT2D eigenvalue weighted by atomic mass is 32.1. The van der Waals surface area contributed by atoms with Gasteiger partial charge in [-0.3, -0.25) is 0 Å². The van der Waals surface area contributed by atoms with Crippen LogP contribution in [0.15, 0.2) is 12.7 Å². The zero-order valence-electron chi connectivity index (χ0n) is 9.58. The standard InChI is InChI=1S/C13H18O2.H2S/c1-2-12(14)15-13-6-9-3-10(7-13)5-11(4-9)8-13;/h2,9-11H,1,3-8H2;1H2. The van der Waals surface area contributed by atoms with Gasteiger partial charge in [-0.1, -0.05) is 6.58 Å². The summed E-state index contributed by atoms with van der Waals surface area (Å²) >= 11 is 0. The lowest BCUT2D eigenvalue weighted by atomic mass is 9.54. The molecule has 0 amide bonds. The highest BCUT2D eigenvalue weighted by molar-refractivity contribution is 7.59. The minimum Gasteiger partial charge on any atom is -0.456 e. The topological polar surface area (TPSA) is 26.3 Å². The largest absolute Gasteiger partial charge is 0.456 e. The summed E-state index contributed by atoms with van der Waals surface area (Å²) in [4.78, 5) is 11.4. The first-order valence-corrected chi connectivity index (χ1v) is 6.04. The zero-order valence-corrected chi connectivity index (χ0v) is 10.6. The first kappa shape index (κ1) is 12.0. The van der Waals surface area contributed by atoms with Gasteiger partial charge >= 0.3 is 5.97 Å². The van der Waals surface area contributed by atoms with Crippen LogP contribution in [-0.2, 0) is 9.53 Å². The molecule has 4 aliphatic rings. The van der Waals surface area contributed by atoms with Crippen LogP contribution >= 0.6 is 13.5 Å². The number of carbonyl (C=O) groups excluding carboxylic acids is 1. The molecule has 4 bridgehead atoms. The fourth-order valence-electron chi connectivity index (χ4n) is 4.41. The van der Waals surface area contributed by atoms with Crippen LogP contribution in [0.1, 0.15) is 38.5 Å². The van der Waals surface area contributed by atoms with E-state index < -0.39 is 0 Å². The third-order valence-corrected chi connectivity index (χ3v) is 4.47. The Bertz CT molecular complexity index is 276. The molecule has 0 N–H and O–H groups in total. The molecule has 0 aromatic heterocycles. The Hall–Kier alpha value is -0.440. The molecule has 0 saturated heterocycles. The van der Waals surface area contributed by atoms with Crippen molar-refractivity contribution in [3.05, 3.63) is 12.7 Å². The van der Waals surface area contributed by atoms with Crippen molar-refractivity contribution in [2.75, 3.05) is 0 Å². The van der Waals surface area contributed by atoms with Crippen LogP contribution in [0.3, 0.4) is 0 Å². The fraction of sp³-hybridized carbons (Fsp3) is 0.769. The lowest BCUT2D eigenvalue weighted by molar-refractivity contribution is -0.181. The van der Waals surface area contributed by atoms with E-state index in [-0.39, 0.29) is 25.1 Å². The monoisotopic (exact) mass is 240 g/mol. The van der Waals surface area contributed by atoms with Crippen molar-refractivity contribution in [3.8, 4) is 0 Å². The van der Waals surface area contributed by atoms with E-state index in [1.807, 2.05) is 0 Å². The zero-order chi connectivity index (χ0) is 10.5. The molecular formula is C13H20O2S. The van der Waals surface area contributed by atoms with Crippen LogP contribution in [0, 0.1) is 17.8 Å². The molecule has 4 aliphatic carbocycles. The smallest absolute Gasteiger partial charge is 0.330 e. The molecule has 0 atom stereocenters. The summed E-state index contributed by atoms with van der Waals surface area (Å²) in [6.45, 7) is 3.48. The van der Waals surface area contributed by atoms with Crippen molar-refractivity contribution in [2.45, 2.75) is 44.1 Å². The fourth-order valence-corrected chi connectivity index (χ4v) is 4.41. The van der Waals surface area contributed by atoms with Crippen molar-refractivity contribution >= 4 is 19.5 Å². The van der Waals surface area contributed by atoms with Gasteiger partial charge in [-0.2, -0.15) is 13.5 Å². The van der Waals surface area contributed by atoms with E-state index in [4.69, 9.17) is 4.74 Å². The second kappa shape index (κ2) is 4.10. The maximum absolute atomic E-state index is 11.4. The molecule has 0 aliphatic heterocycles. The quantitative estimate of drug-likeness (QED) is 0.548. The maximum Gasteiger partial charge on any atom is 0.330 e. The van der Waals surface area contributed by atoms with Crippen molar-refractivity contribution in [2.24, 2.45) is 17.8 Å². The SMILES string of the molecule is C=CC(=O)OC12CC3CC(CC(C3)C1)C2.S. The Balaban J connectivity index is 0.000000963. The van der Waals surface area contributed by atoms with E-state index in [1.54, 1.807) is 0 Å². The lowest BCUT2D eigenvalue weighted by Crippen LogP contribution is -2.52. The van der Waals surface area contributed by atoms with Crippen molar-refractivity contribution < 1.29 is 9.53 Å². The summed E-state index contributed by atoms with van der Waals surface area (Å²) in [7, 11) is 0. The normalized spacial score (nSPS) is 43.6. The van der Waals surface area contributed by atoms with Crippen LogP contribution in [0.5, 0.6) is 0 Å². The van der Waals surface area contributed by atoms with Gasteiger partial charge in [0, 0.05) is 6.08 Å². The molecule has 4 rings (SSSR count). The Morgan fingerprint density at radius 1 is 1.12 bits per heavy atom. The van der Waals surface area contributed by atoms with Gasteiger partial charge < -0.3 is 4.74 Å². The van der Waals surface area contributed by atoms with Crippen molar-refractivity contribution in [1.82, 2.24) is 0 Å². The highest BCUT2D eigenvalue weighted by Gasteiger charge is 2.52. The third kappa shape index (κ3) is 1.90. The maximum atomic E-state index is 11.4. The summed E-state index contributed by atoms with van der Waals surface area (Å²) < 4.78 is 5.64. The molecule has 0 radical (unpaired) electrons. The molecule has 16 heavy (non-hydrogen) atoms. The average molecular weight is 240 g/mol. The van der Waals surface area contributed by atoms with Crippen LogP contribution in [0.4, 0.5) is 0 Å². The molecule has 4 saturated carbocycles. The van der Waals surface area contributed by atoms with Gasteiger partial charge in [0.05, 0.1) is 0 Å². The van der Waals surface area contributed by atoms with Crippen molar-refractivity contribution in [3.63, 3.8) is 0 Å². The molecule has 0 unspecified atom stereocenters. The molecule has 0 aromatic rings. The summed E-state index contributed by atoms with van der Waals surface area (Å²) in [6, 6.07) is 0. The van der Waals surface area contributed by atoms with E-state index >= 15 is 0 Å². The molecule has 90 valence electrons. The van der Waals surface area contributed by atoms with Crippen molar-refractivity contribution in [1.29, 1.82) is 0 Å². The first-order valence-electron chi connectivity index (χ1n) is 6.04. The Kier molecular flexibility index (Phi) is 3.08. The van der Waals surface area contributed by atoms with Crippen LogP contribution in [-0.4, -0.2) is 11.6 Å². The van der Waals surface area contributed by atoms with Gasteiger partial charge in [0.1, 0.15) is 5.60 Å². The Morgan fingerprint density at radius 2 is 1.56 bits per heavy atom. The number of hydrogen-bond acceptors (Lipinski definition) is 2. The van der Waals surface area contributed by atoms with Crippen LogP contribution in [0.25, 0.3) is 0 Å². The number of ether oxygens (including phenoxy) is 1. The molecule has 3 heteroatoms. The van der Waals surface area contributed by atoms with Crippen LogP contribution < -0.4 is 0 Å². The Labute approximate surface area is 104 Å². The summed E-state index contributed by atoms with van der Waals surface area (Å²) in [5, 5.41) is 0.